The van der Waals surface area contributed by atoms with Crippen LogP contribution in [-0.2, 0) is 30.8 Å². The summed E-state index contributed by atoms with van der Waals surface area (Å²) in [5.41, 5.74) is 7.14. The second-order valence-electron chi connectivity index (χ2n) is 8.69. The highest BCUT2D eigenvalue weighted by molar-refractivity contribution is 7.89. The molecular weight excluding hydrogens is 442 g/mol. The summed E-state index contributed by atoms with van der Waals surface area (Å²) in [5, 5.41) is 2.79. The van der Waals surface area contributed by atoms with Crippen molar-refractivity contribution in [3.63, 3.8) is 0 Å². The first-order chi connectivity index (χ1) is 15.8. The average molecular weight is 472 g/mol. The predicted octanol–water partition coefficient (Wildman–Crippen LogP) is 2.10. The van der Waals surface area contributed by atoms with Gasteiger partial charge in [0.2, 0.25) is 15.9 Å². The van der Waals surface area contributed by atoms with Crippen molar-refractivity contribution < 1.29 is 22.7 Å². The summed E-state index contributed by atoms with van der Waals surface area (Å²) in [6.45, 7) is 0. The molecule has 2 aromatic carbocycles. The maximum atomic E-state index is 13.5. The van der Waals surface area contributed by atoms with Crippen molar-refractivity contribution in [1.82, 2.24) is 9.62 Å². The molecule has 0 unspecified atom stereocenters. The number of rotatable bonds is 7. The molecule has 2 aliphatic heterocycles. The fraction of sp³-hybridized carbons (Fsp3) is 0.417. The Hall–Kier alpha value is -2.91. The van der Waals surface area contributed by atoms with Crippen LogP contribution in [-0.4, -0.2) is 49.8 Å². The fourth-order valence-corrected chi connectivity index (χ4v) is 6.89. The second-order valence-corrected chi connectivity index (χ2v) is 10.5. The molecule has 3 N–H and O–H groups in total. The average Bonchev–Trinajstić information content (AvgIpc) is 2.85. The fourth-order valence-electron chi connectivity index (χ4n) is 4.98. The Bertz CT molecular complexity index is 1100. The zero-order valence-corrected chi connectivity index (χ0v) is 19.3. The number of sulfonamides is 1. The number of amides is 1. The van der Waals surface area contributed by atoms with Gasteiger partial charge in [-0.2, -0.15) is 4.31 Å². The van der Waals surface area contributed by atoms with E-state index in [1.165, 1.54) is 11.4 Å². The Morgan fingerprint density at radius 3 is 2.30 bits per heavy atom. The van der Waals surface area contributed by atoms with Crippen molar-refractivity contribution >= 4 is 27.6 Å². The Kier molecular flexibility index (Phi) is 6.71. The first-order valence-electron chi connectivity index (χ1n) is 11.1. The SMILES string of the molecule is COC(=O)[C@H](Cc1ccc(N)cc1)NC(=O)[C@@H]1C2CCC(CC2)N1S(=O)(=O)c1ccccc1. The van der Waals surface area contributed by atoms with Gasteiger partial charge in [-0.05, 0) is 61.4 Å². The molecule has 176 valence electrons. The van der Waals surface area contributed by atoms with Gasteiger partial charge < -0.3 is 15.8 Å². The molecule has 8 nitrogen and oxygen atoms in total. The van der Waals surface area contributed by atoms with Crippen LogP contribution in [0, 0.1) is 5.92 Å². The van der Waals surface area contributed by atoms with Gasteiger partial charge in [-0.1, -0.05) is 30.3 Å². The number of ether oxygens (including phenoxy) is 1. The number of carbonyl (C=O) groups excluding carboxylic acids is 2. The summed E-state index contributed by atoms with van der Waals surface area (Å²) in [6.07, 6.45) is 3.23. The standard InChI is InChI=1S/C24H29N3O5S/c1-32-24(29)21(15-16-7-11-18(25)12-8-16)26-23(28)22-17-9-13-19(14-10-17)27(22)33(30,31)20-5-3-2-4-6-20/h2-8,11-12,17,19,21-22H,9-10,13-15,25H2,1H3,(H,26,28)/t17?,19?,21-,22-/m0/s1. The summed E-state index contributed by atoms with van der Waals surface area (Å²) in [5.74, 6) is -1.14. The smallest absolute Gasteiger partial charge is 0.328 e. The Labute approximate surface area is 194 Å². The highest BCUT2D eigenvalue weighted by atomic mass is 32.2. The lowest BCUT2D eigenvalue weighted by atomic mass is 9.76. The number of hydrogen-bond donors (Lipinski definition) is 2. The van der Waals surface area contributed by atoms with E-state index in [0.717, 1.165) is 31.2 Å². The van der Waals surface area contributed by atoms with E-state index in [0.29, 0.717) is 5.69 Å². The quantitative estimate of drug-likeness (QED) is 0.472. The number of nitrogens with two attached hydrogens (primary N) is 1. The predicted molar refractivity (Wildman–Crippen MR) is 124 cm³/mol. The third-order valence-electron chi connectivity index (χ3n) is 6.63. The van der Waals surface area contributed by atoms with Crippen LogP contribution in [0.1, 0.15) is 31.2 Å². The van der Waals surface area contributed by atoms with Gasteiger partial charge in [-0.25, -0.2) is 13.2 Å². The van der Waals surface area contributed by atoms with Crippen LogP contribution < -0.4 is 11.1 Å². The number of benzene rings is 2. The van der Waals surface area contributed by atoms with Crippen LogP contribution in [0.4, 0.5) is 5.69 Å². The lowest BCUT2D eigenvalue weighted by Crippen LogP contribution is -2.63. The highest BCUT2D eigenvalue weighted by Crippen LogP contribution is 2.42. The second kappa shape index (κ2) is 9.52. The third-order valence-corrected chi connectivity index (χ3v) is 8.58. The molecule has 2 bridgehead atoms. The molecule has 2 atom stereocenters. The lowest BCUT2D eigenvalue weighted by Gasteiger charge is -2.49. The van der Waals surface area contributed by atoms with E-state index in [2.05, 4.69) is 5.32 Å². The van der Waals surface area contributed by atoms with Gasteiger partial charge in [0.15, 0.2) is 0 Å². The monoisotopic (exact) mass is 471 g/mol. The molecule has 3 aliphatic rings. The number of esters is 1. The van der Waals surface area contributed by atoms with Gasteiger partial charge >= 0.3 is 5.97 Å². The van der Waals surface area contributed by atoms with E-state index < -0.39 is 34.0 Å². The summed E-state index contributed by atoms with van der Waals surface area (Å²) in [6, 6.07) is 13.2. The van der Waals surface area contributed by atoms with Crippen LogP contribution in [0.2, 0.25) is 0 Å². The molecule has 9 heteroatoms. The van der Waals surface area contributed by atoms with E-state index in [1.807, 2.05) is 0 Å². The van der Waals surface area contributed by atoms with E-state index in [1.54, 1.807) is 54.6 Å². The number of nitrogens with one attached hydrogen (secondary N) is 1. The molecular formula is C24H29N3O5S. The number of carbonyl (C=O) groups is 2. The number of nitrogens with zero attached hydrogens (tertiary/aromatic N) is 1. The molecule has 2 saturated heterocycles. The van der Waals surface area contributed by atoms with Gasteiger partial charge in [0.1, 0.15) is 12.1 Å². The van der Waals surface area contributed by atoms with Crippen molar-refractivity contribution in [2.75, 3.05) is 12.8 Å². The molecule has 33 heavy (non-hydrogen) atoms. The molecule has 0 radical (unpaired) electrons. The summed E-state index contributed by atoms with van der Waals surface area (Å²) in [7, 11) is -2.61. The summed E-state index contributed by atoms with van der Waals surface area (Å²) >= 11 is 0. The Balaban J connectivity index is 1.61. The third kappa shape index (κ3) is 4.74. The maximum Gasteiger partial charge on any atom is 0.328 e. The van der Waals surface area contributed by atoms with Crippen LogP contribution in [0.15, 0.2) is 59.5 Å². The van der Waals surface area contributed by atoms with Crippen molar-refractivity contribution in [1.29, 1.82) is 0 Å². The van der Waals surface area contributed by atoms with Crippen molar-refractivity contribution in [2.24, 2.45) is 5.92 Å². The largest absolute Gasteiger partial charge is 0.467 e. The van der Waals surface area contributed by atoms with Crippen molar-refractivity contribution in [2.45, 2.75) is 55.1 Å². The van der Waals surface area contributed by atoms with Gasteiger partial charge in [-0.15, -0.1) is 0 Å². The van der Waals surface area contributed by atoms with Crippen molar-refractivity contribution in [3.05, 3.63) is 60.2 Å². The molecule has 0 spiro atoms. The number of piperidine rings is 2. The zero-order valence-electron chi connectivity index (χ0n) is 18.5. The van der Waals surface area contributed by atoms with Gasteiger partial charge in [-0.3, -0.25) is 4.79 Å². The van der Waals surface area contributed by atoms with Gasteiger partial charge in [0, 0.05) is 18.2 Å². The van der Waals surface area contributed by atoms with Crippen LogP contribution >= 0.6 is 0 Å². The Morgan fingerprint density at radius 2 is 1.70 bits per heavy atom. The number of methoxy groups -OCH3 is 1. The minimum absolute atomic E-state index is 0.0942. The van der Waals surface area contributed by atoms with E-state index in [4.69, 9.17) is 10.5 Å². The summed E-state index contributed by atoms with van der Waals surface area (Å²) in [4.78, 5) is 26.1. The van der Waals surface area contributed by atoms with Crippen LogP contribution in [0.3, 0.4) is 0 Å². The maximum absolute atomic E-state index is 13.5. The molecule has 3 fully saturated rings. The first kappa shape index (κ1) is 23.3. The topological polar surface area (TPSA) is 119 Å². The molecule has 0 aromatic heterocycles. The number of nitrogen functional groups attached to an aromatic ring is 1. The van der Waals surface area contributed by atoms with Crippen molar-refractivity contribution in [3.8, 4) is 0 Å². The lowest BCUT2D eigenvalue weighted by molar-refractivity contribution is -0.146. The minimum atomic E-state index is -3.87. The molecule has 2 heterocycles. The normalized spacial score (nSPS) is 23.6. The number of hydrogen-bond acceptors (Lipinski definition) is 6. The van der Waals surface area contributed by atoms with E-state index in [9.17, 15) is 18.0 Å². The van der Waals surface area contributed by atoms with Gasteiger partial charge in [0.05, 0.1) is 12.0 Å². The molecule has 1 amide bonds. The van der Waals surface area contributed by atoms with Gasteiger partial charge in [0.25, 0.3) is 0 Å². The zero-order chi connectivity index (χ0) is 23.6. The van der Waals surface area contributed by atoms with Crippen LogP contribution in [0.25, 0.3) is 0 Å². The van der Waals surface area contributed by atoms with Crippen LogP contribution in [0.5, 0.6) is 0 Å². The molecule has 5 rings (SSSR count). The van der Waals surface area contributed by atoms with E-state index >= 15 is 0 Å². The number of fused-ring (bicyclic) bond motifs is 3. The summed E-state index contributed by atoms with van der Waals surface area (Å²) < 4.78 is 33.4. The molecule has 1 saturated carbocycles. The highest BCUT2D eigenvalue weighted by Gasteiger charge is 2.51. The van der Waals surface area contributed by atoms with E-state index in [-0.39, 0.29) is 23.3 Å². The first-order valence-corrected chi connectivity index (χ1v) is 12.6. The molecule has 1 aliphatic carbocycles. The number of anilines is 1. The molecule has 2 aromatic rings. The minimum Gasteiger partial charge on any atom is -0.467 e. The Morgan fingerprint density at radius 1 is 1.06 bits per heavy atom.